The van der Waals surface area contributed by atoms with E-state index in [2.05, 4.69) is 34.1 Å². The highest BCUT2D eigenvalue weighted by Gasteiger charge is 2.35. The van der Waals surface area contributed by atoms with E-state index in [1.807, 2.05) is 0 Å². The Kier molecular flexibility index (Phi) is 4.82. The van der Waals surface area contributed by atoms with Crippen molar-refractivity contribution in [2.75, 3.05) is 13.7 Å². The summed E-state index contributed by atoms with van der Waals surface area (Å²) in [6, 6.07) is 6.37. The standard InChI is InChI=1S/C15H22BrNO/c1-18-10-12-6-5-7-13(16)14(12)15(11-17)8-3-2-4-9-15/h5-7H,2-4,8-11,17H2,1H3. The van der Waals surface area contributed by atoms with E-state index in [0.29, 0.717) is 6.61 Å². The Hall–Kier alpha value is -0.380. The first-order chi connectivity index (χ1) is 8.73. The Bertz CT molecular complexity index is 399. The normalized spacial score (nSPS) is 18.8. The average Bonchev–Trinajstić information content (AvgIpc) is 2.40. The van der Waals surface area contributed by atoms with Crippen molar-refractivity contribution in [3.05, 3.63) is 33.8 Å². The fraction of sp³-hybridized carbons (Fsp3) is 0.600. The fourth-order valence-electron chi connectivity index (χ4n) is 3.22. The van der Waals surface area contributed by atoms with Crippen molar-refractivity contribution in [2.24, 2.45) is 5.73 Å². The molecule has 0 atom stereocenters. The Balaban J connectivity index is 2.46. The molecular weight excluding hydrogens is 290 g/mol. The Labute approximate surface area is 118 Å². The maximum atomic E-state index is 6.14. The molecule has 2 N–H and O–H groups in total. The van der Waals surface area contributed by atoms with Gasteiger partial charge in [-0.2, -0.15) is 0 Å². The van der Waals surface area contributed by atoms with Crippen molar-refractivity contribution in [3.8, 4) is 0 Å². The highest BCUT2D eigenvalue weighted by Crippen LogP contribution is 2.43. The molecule has 0 spiro atoms. The van der Waals surface area contributed by atoms with Gasteiger partial charge < -0.3 is 10.5 Å². The summed E-state index contributed by atoms with van der Waals surface area (Å²) < 4.78 is 6.53. The summed E-state index contributed by atoms with van der Waals surface area (Å²) in [5.74, 6) is 0. The first-order valence-electron chi connectivity index (χ1n) is 6.70. The molecule has 0 unspecified atom stereocenters. The molecule has 100 valence electrons. The summed E-state index contributed by atoms with van der Waals surface area (Å²) in [7, 11) is 1.75. The zero-order valence-electron chi connectivity index (χ0n) is 11.0. The SMILES string of the molecule is COCc1cccc(Br)c1C1(CN)CCCCC1. The lowest BCUT2D eigenvalue weighted by molar-refractivity contribution is 0.180. The van der Waals surface area contributed by atoms with Crippen LogP contribution in [0.4, 0.5) is 0 Å². The van der Waals surface area contributed by atoms with E-state index in [1.54, 1.807) is 7.11 Å². The quantitative estimate of drug-likeness (QED) is 0.919. The molecule has 0 heterocycles. The van der Waals surface area contributed by atoms with Crippen LogP contribution in [0.1, 0.15) is 43.2 Å². The Morgan fingerprint density at radius 3 is 2.61 bits per heavy atom. The van der Waals surface area contributed by atoms with Gasteiger partial charge in [0.25, 0.3) is 0 Å². The lowest BCUT2D eigenvalue weighted by Gasteiger charge is -2.39. The number of benzene rings is 1. The van der Waals surface area contributed by atoms with Gasteiger partial charge in [0.2, 0.25) is 0 Å². The van der Waals surface area contributed by atoms with Crippen LogP contribution in [0, 0.1) is 0 Å². The number of rotatable bonds is 4. The van der Waals surface area contributed by atoms with Crippen LogP contribution in [0.15, 0.2) is 22.7 Å². The van der Waals surface area contributed by atoms with Crippen LogP contribution in [0.5, 0.6) is 0 Å². The van der Waals surface area contributed by atoms with Gasteiger partial charge in [-0.25, -0.2) is 0 Å². The van der Waals surface area contributed by atoms with Gasteiger partial charge in [0.1, 0.15) is 0 Å². The lowest BCUT2D eigenvalue weighted by atomic mass is 9.68. The number of methoxy groups -OCH3 is 1. The fourth-order valence-corrected chi connectivity index (χ4v) is 4.05. The molecule has 0 radical (unpaired) electrons. The van der Waals surface area contributed by atoms with Gasteiger partial charge in [-0.3, -0.25) is 0 Å². The van der Waals surface area contributed by atoms with E-state index in [1.165, 1.54) is 47.7 Å². The van der Waals surface area contributed by atoms with Gasteiger partial charge in [-0.1, -0.05) is 47.3 Å². The van der Waals surface area contributed by atoms with Crippen LogP contribution < -0.4 is 5.73 Å². The molecule has 0 bridgehead atoms. The van der Waals surface area contributed by atoms with E-state index in [0.717, 1.165) is 6.54 Å². The van der Waals surface area contributed by atoms with Crippen LogP contribution >= 0.6 is 15.9 Å². The third-order valence-electron chi connectivity index (χ3n) is 4.13. The molecule has 3 heteroatoms. The molecule has 0 aromatic heterocycles. The molecule has 1 aliphatic carbocycles. The zero-order chi connectivity index (χ0) is 13.0. The summed E-state index contributed by atoms with van der Waals surface area (Å²) in [4.78, 5) is 0. The number of ether oxygens (including phenoxy) is 1. The van der Waals surface area contributed by atoms with Gasteiger partial charge in [0.05, 0.1) is 6.61 Å². The minimum Gasteiger partial charge on any atom is -0.380 e. The number of nitrogens with two attached hydrogens (primary N) is 1. The van der Waals surface area contributed by atoms with Gasteiger partial charge in [-0.05, 0) is 30.0 Å². The molecule has 1 aromatic rings. The molecule has 1 aliphatic rings. The molecule has 0 saturated heterocycles. The van der Waals surface area contributed by atoms with Crippen LogP contribution in [0.25, 0.3) is 0 Å². The van der Waals surface area contributed by atoms with E-state index in [9.17, 15) is 0 Å². The van der Waals surface area contributed by atoms with Crippen molar-refractivity contribution in [3.63, 3.8) is 0 Å². The van der Waals surface area contributed by atoms with Crippen molar-refractivity contribution >= 4 is 15.9 Å². The van der Waals surface area contributed by atoms with Gasteiger partial charge in [0, 0.05) is 23.5 Å². The maximum Gasteiger partial charge on any atom is 0.0716 e. The highest BCUT2D eigenvalue weighted by molar-refractivity contribution is 9.10. The predicted octanol–water partition coefficient (Wildman–Crippen LogP) is 3.76. The smallest absolute Gasteiger partial charge is 0.0716 e. The molecule has 2 rings (SSSR count). The summed E-state index contributed by atoms with van der Waals surface area (Å²) in [6.07, 6.45) is 6.30. The van der Waals surface area contributed by atoms with Crippen LogP contribution in [0.3, 0.4) is 0 Å². The number of hydrogen-bond donors (Lipinski definition) is 1. The number of hydrogen-bond acceptors (Lipinski definition) is 2. The summed E-state index contributed by atoms with van der Waals surface area (Å²) in [6.45, 7) is 1.39. The number of halogens is 1. The topological polar surface area (TPSA) is 35.2 Å². The Morgan fingerprint density at radius 1 is 1.28 bits per heavy atom. The molecular formula is C15H22BrNO. The molecule has 1 fully saturated rings. The van der Waals surface area contributed by atoms with Crippen LogP contribution in [-0.4, -0.2) is 13.7 Å². The van der Waals surface area contributed by atoms with Gasteiger partial charge in [-0.15, -0.1) is 0 Å². The second-order valence-electron chi connectivity index (χ2n) is 5.25. The second-order valence-corrected chi connectivity index (χ2v) is 6.11. The summed E-state index contributed by atoms with van der Waals surface area (Å²) in [5, 5.41) is 0. The predicted molar refractivity (Wildman–Crippen MR) is 78.7 cm³/mol. The first-order valence-corrected chi connectivity index (χ1v) is 7.50. The van der Waals surface area contributed by atoms with E-state index < -0.39 is 0 Å². The minimum absolute atomic E-state index is 0.145. The maximum absolute atomic E-state index is 6.14. The monoisotopic (exact) mass is 311 g/mol. The van der Waals surface area contributed by atoms with Crippen molar-refractivity contribution in [1.29, 1.82) is 0 Å². The average molecular weight is 312 g/mol. The van der Waals surface area contributed by atoms with Gasteiger partial charge in [0.15, 0.2) is 0 Å². The molecule has 2 nitrogen and oxygen atoms in total. The van der Waals surface area contributed by atoms with Crippen LogP contribution in [-0.2, 0) is 16.8 Å². The van der Waals surface area contributed by atoms with E-state index in [4.69, 9.17) is 10.5 Å². The molecule has 18 heavy (non-hydrogen) atoms. The summed E-state index contributed by atoms with van der Waals surface area (Å²) >= 11 is 3.72. The lowest BCUT2D eigenvalue weighted by Crippen LogP contribution is -2.38. The third kappa shape index (κ3) is 2.63. The van der Waals surface area contributed by atoms with Crippen LogP contribution in [0.2, 0.25) is 0 Å². The molecule has 0 aliphatic heterocycles. The van der Waals surface area contributed by atoms with Crippen molar-refractivity contribution < 1.29 is 4.74 Å². The largest absolute Gasteiger partial charge is 0.380 e. The third-order valence-corrected chi connectivity index (χ3v) is 4.79. The molecule has 0 amide bonds. The van der Waals surface area contributed by atoms with Crippen molar-refractivity contribution in [2.45, 2.75) is 44.1 Å². The van der Waals surface area contributed by atoms with E-state index >= 15 is 0 Å². The second kappa shape index (κ2) is 6.18. The minimum atomic E-state index is 0.145. The van der Waals surface area contributed by atoms with Crippen molar-refractivity contribution in [1.82, 2.24) is 0 Å². The molecule has 1 aromatic carbocycles. The Morgan fingerprint density at radius 2 is 2.00 bits per heavy atom. The van der Waals surface area contributed by atoms with E-state index in [-0.39, 0.29) is 5.41 Å². The first kappa shape index (κ1) is 14.0. The summed E-state index contributed by atoms with van der Waals surface area (Å²) in [5.41, 5.74) is 8.95. The zero-order valence-corrected chi connectivity index (χ0v) is 12.6. The highest BCUT2D eigenvalue weighted by atomic mass is 79.9. The molecule has 1 saturated carbocycles. The van der Waals surface area contributed by atoms with Gasteiger partial charge >= 0.3 is 0 Å².